The van der Waals surface area contributed by atoms with E-state index in [1.54, 1.807) is 28.9 Å². The van der Waals surface area contributed by atoms with Gasteiger partial charge in [-0.1, -0.05) is 36.4 Å². The van der Waals surface area contributed by atoms with Crippen LogP contribution in [0.15, 0.2) is 60.7 Å². The number of hydrogen-bond acceptors (Lipinski definition) is 2. The van der Waals surface area contributed by atoms with Gasteiger partial charge in [0.1, 0.15) is 11.5 Å². The molecule has 0 aliphatic carbocycles. The predicted molar refractivity (Wildman–Crippen MR) is 90.7 cm³/mol. The number of aryl methyl sites for hydroxylation is 1. The number of para-hydroxylation sites is 1. The van der Waals surface area contributed by atoms with Crippen LogP contribution in [-0.2, 0) is 6.42 Å². The lowest BCUT2D eigenvalue weighted by molar-refractivity contribution is 0.0946. The van der Waals surface area contributed by atoms with Crippen molar-refractivity contribution in [2.24, 2.45) is 0 Å². The smallest absolute Gasteiger partial charge is 0.270 e. The maximum atomic E-state index is 13.6. The number of nitrogens with one attached hydrogen (secondary N) is 1. The Morgan fingerprint density at radius 2 is 1.83 bits per heavy atom. The van der Waals surface area contributed by atoms with Crippen LogP contribution in [0.4, 0.5) is 4.39 Å². The van der Waals surface area contributed by atoms with Crippen LogP contribution in [0.1, 0.15) is 21.7 Å². The van der Waals surface area contributed by atoms with Crippen molar-refractivity contribution in [3.05, 3.63) is 83.4 Å². The minimum absolute atomic E-state index is 0.226. The van der Waals surface area contributed by atoms with Crippen LogP contribution < -0.4 is 5.32 Å². The number of halogens is 1. The van der Waals surface area contributed by atoms with Crippen LogP contribution in [0.3, 0.4) is 0 Å². The summed E-state index contributed by atoms with van der Waals surface area (Å²) in [5, 5.41) is 7.21. The van der Waals surface area contributed by atoms with Gasteiger partial charge in [0.2, 0.25) is 0 Å². The van der Waals surface area contributed by atoms with Crippen LogP contribution >= 0.6 is 0 Å². The first-order chi connectivity index (χ1) is 11.6. The second kappa shape index (κ2) is 7.08. The van der Waals surface area contributed by atoms with Gasteiger partial charge in [-0.05, 0) is 43.2 Å². The summed E-state index contributed by atoms with van der Waals surface area (Å²) in [6.07, 6.45) is 0.441. The molecule has 0 aliphatic rings. The maximum Gasteiger partial charge on any atom is 0.270 e. The highest BCUT2D eigenvalue weighted by molar-refractivity contribution is 5.93. The summed E-state index contributed by atoms with van der Waals surface area (Å²) < 4.78 is 15.2. The highest BCUT2D eigenvalue weighted by Crippen LogP contribution is 2.12. The third-order valence-corrected chi connectivity index (χ3v) is 3.70. The van der Waals surface area contributed by atoms with Gasteiger partial charge in [-0.3, -0.25) is 4.79 Å². The zero-order valence-corrected chi connectivity index (χ0v) is 13.4. The van der Waals surface area contributed by atoms with E-state index in [0.29, 0.717) is 24.2 Å². The highest BCUT2D eigenvalue weighted by atomic mass is 19.1. The van der Waals surface area contributed by atoms with E-state index in [0.717, 1.165) is 11.4 Å². The summed E-state index contributed by atoms with van der Waals surface area (Å²) in [4.78, 5) is 12.5. The Bertz CT molecular complexity index is 843. The summed E-state index contributed by atoms with van der Waals surface area (Å²) >= 11 is 0. The van der Waals surface area contributed by atoms with E-state index >= 15 is 0 Å². The molecule has 3 aromatic rings. The Balaban J connectivity index is 1.71. The lowest BCUT2D eigenvalue weighted by Crippen LogP contribution is -2.28. The van der Waals surface area contributed by atoms with Crippen molar-refractivity contribution < 1.29 is 9.18 Å². The predicted octanol–water partition coefficient (Wildman–Crippen LogP) is 3.29. The maximum absolute atomic E-state index is 13.6. The molecule has 5 heteroatoms. The van der Waals surface area contributed by atoms with Crippen molar-refractivity contribution in [3.63, 3.8) is 0 Å². The van der Waals surface area contributed by atoms with Crippen molar-refractivity contribution in [3.8, 4) is 5.69 Å². The first-order valence-corrected chi connectivity index (χ1v) is 7.79. The van der Waals surface area contributed by atoms with Crippen molar-refractivity contribution in [2.75, 3.05) is 6.54 Å². The van der Waals surface area contributed by atoms with Gasteiger partial charge in [0.25, 0.3) is 5.91 Å². The van der Waals surface area contributed by atoms with Gasteiger partial charge in [0.05, 0.1) is 11.4 Å². The largest absolute Gasteiger partial charge is 0.350 e. The van der Waals surface area contributed by atoms with Crippen molar-refractivity contribution >= 4 is 5.91 Å². The van der Waals surface area contributed by atoms with E-state index in [4.69, 9.17) is 0 Å². The minimum atomic E-state index is -0.253. The second-order valence-electron chi connectivity index (χ2n) is 5.52. The van der Waals surface area contributed by atoms with E-state index in [1.807, 2.05) is 37.3 Å². The summed E-state index contributed by atoms with van der Waals surface area (Å²) in [5.74, 6) is -0.479. The number of rotatable bonds is 5. The SMILES string of the molecule is Cc1cc(C(=O)NCCc2ccccc2F)n(-c2ccccc2)n1. The normalized spacial score (nSPS) is 10.6. The first-order valence-electron chi connectivity index (χ1n) is 7.79. The zero-order chi connectivity index (χ0) is 16.9. The number of benzene rings is 2. The summed E-state index contributed by atoms with van der Waals surface area (Å²) in [6, 6.07) is 17.8. The molecule has 4 nitrogen and oxygen atoms in total. The Labute approximate surface area is 139 Å². The Kier molecular flexibility index (Phi) is 4.70. The molecule has 0 fully saturated rings. The number of carbonyl (C=O) groups is 1. The van der Waals surface area contributed by atoms with Crippen molar-refractivity contribution in [2.45, 2.75) is 13.3 Å². The molecule has 1 N–H and O–H groups in total. The number of carbonyl (C=O) groups excluding carboxylic acids is 1. The van der Waals surface area contributed by atoms with Crippen LogP contribution in [0.25, 0.3) is 5.69 Å². The molecule has 1 aromatic heterocycles. The Morgan fingerprint density at radius 1 is 1.12 bits per heavy atom. The number of nitrogens with zero attached hydrogens (tertiary/aromatic N) is 2. The molecule has 0 atom stereocenters. The summed E-state index contributed by atoms with van der Waals surface area (Å²) in [7, 11) is 0. The summed E-state index contributed by atoms with van der Waals surface area (Å²) in [5.41, 5.74) is 2.64. The van der Waals surface area contributed by atoms with E-state index in [-0.39, 0.29) is 11.7 Å². The van der Waals surface area contributed by atoms with E-state index in [2.05, 4.69) is 10.4 Å². The van der Waals surface area contributed by atoms with Crippen molar-refractivity contribution in [1.29, 1.82) is 0 Å². The number of amides is 1. The lowest BCUT2D eigenvalue weighted by Gasteiger charge is -2.08. The molecule has 1 amide bonds. The molecule has 3 rings (SSSR count). The van der Waals surface area contributed by atoms with E-state index < -0.39 is 0 Å². The Hall–Kier alpha value is -2.95. The minimum Gasteiger partial charge on any atom is -0.350 e. The van der Waals surface area contributed by atoms with E-state index in [9.17, 15) is 9.18 Å². The number of hydrogen-bond donors (Lipinski definition) is 1. The molecule has 0 radical (unpaired) electrons. The van der Waals surface area contributed by atoms with Gasteiger partial charge < -0.3 is 5.32 Å². The molecular weight excluding hydrogens is 305 g/mol. The molecule has 0 saturated heterocycles. The van der Waals surface area contributed by atoms with Crippen molar-refractivity contribution in [1.82, 2.24) is 15.1 Å². The fourth-order valence-corrected chi connectivity index (χ4v) is 2.53. The molecule has 1 heterocycles. The highest BCUT2D eigenvalue weighted by Gasteiger charge is 2.15. The molecule has 0 unspecified atom stereocenters. The monoisotopic (exact) mass is 323 g/mol. The van der Waals surface area contributed by atoms with Gasteiger partial charge >= 0.3 is 0 Å². The fraction of sp³-hybridized carbons (Fsp3) is 0.158. The third-order valence-electron chi connectivity index (χ3n) is 3.70. The lowest BCUT2D eigenvalue weighted by atomic mass is 10.1. The van der Waals surface area contributed by atoms with Gasteiger partial charge in [-0.25, -0.2) is 9.07 Å². The van der Waals surface area contributed by atoms with Crippen LogP contribution in [0.2, 0.25) is 0 Å². The molecule has 0 saturated carbocycles. The Morgan fingerprint density at radius 3 is 2.58 bits per heavy atom. The topological polar surface area (TPSA) is 46.9 Å². The zero-order valence-electron chi connectivity index (χ0n) is 13.4. The summed E-state index contributed by atoms with van der Waals surface area (Å²) in [6.45, 7) is 2.20. The second-order valence-corrected chi connectivity index (χ2v) is 5.52. The molecule has 0 bridgehead atoms. The molecule has 122 valence electrons. The van der Waals surface area contributed by atoms with Gasteiger partial charge in [0, 0.05) is 6.54 Å². The molecule has 24 heavy (non-hydrogen) atoms. The van der Waals surface area contributed by atoms with Gasteiger partial charge in [-0.2, -0.15) is 5.10 Å². The average molecular weight is 323 g/mol. The van der Waals surface area contributed by atoms with Gasteiger partial charge in [0.15, 0.2) is 0 Å². The molecular formula is C19H18FN3O. The fourth-order valence-electron chi connectivity index (χ4n) is 2.53. The third kappa shape index (κ3) is 3.51. The molecule has 0 spiro atoms. The number of aromatic nitrogens is 2. The van der Waals surface area contributed by atoms with E-state index in [1.165, 1.54) is 6.07 Å². The quantitative estimate of drug-likeness (QED) is 0.783. The molecule has 2 aromatic carbocycles. The van der Waals surface area contributed by atoms with Crippen LogP contribution in [-0.4, -0.2) is 22.2 Å². The average Bonchev–Trinajstić information content (AvgIpc) is 2.99. The molecule has 0 aliphatic heterocycles. The van der Waals surface area contributed by atoms with Crippen LogP contribution in [0.5, 0.6) is 0 Å². The van der Waals surface area contributed by atoms with Gasteiger partial charge in [-0.15, -0.1) is 0 Å². The standard InChI is InChI=1S/C19H18FN3O/c1-14-13-18(23(22-14)16-8-3-2-4-9-16)19(24)21-12-11-15-7-5-6-10-17(15)20/h2-10,13H,11-12H2,1H3,(H,21,24). The van der Waals surface area contributed by atoms with Crippen LogP contribution in [0, 0.1) is 12.7 Å². The first kappa shape index (κ1) is 15.9.